The lowest BCUT2D eigenvalue weighted by Gasteiger charge is -2.13. The molecule has 1 aromatic carbocycles. The van der Waals surface area contributed by atoms with E-state index in [4.69, 9.17) is 0 Å². The lowest BCUT2D eigenvalue weighted by molar-refractivity contribution is -0.124. The smallest absolute Gasteiger partial charge is 0.288 e. The van der Waals surface area contributed by atoms with Crippen LogP contribution in [0.3, 0.4) is 0 Å². The fourth-order valence-corrected chi connectivity index (χ4v) is 2.47. The van der Waals surface area contributed by atoms with Crippen molar-refractivity contribution in [3.63, 3.8) is 0 Å². The molecular weight excluding hydrogens is 283 g/mol. The van der Waals surface area contributed by atoms with Crippen LogP contribution < -0.4 is 5.32 Å². The predicted molar refractivity (Wildman–Crippen MR) is 73.0 cm³/mol. The van der Waals surface area contributed by atoms with Crippen molar-refractivity contribution in [2.75, 3.05) is 18.8 Å². The molecule has 1 fully saturated rings. The fourth-order valence-electron chi connectivity index (χ4n) is 1.71. The summed E-state index contributed by atoms with van der Waals surface area (Å²) in [7, 11) is 0. The third-order valence-corrected chi connectivity index (χ3v) is 3.75. The number of imide groups is 1. The molecule has 0 bridgehead atoms. The summed E-state index contributed by atoms with van der Waals surface area (Å²) < 4.78 is 13.3. The van der Waals surface area contributed by atoms with Gasteiger partial charge in [0.1, 0.15) is 5.82 Å². The number of thioether (sulfide) groups is 1. The molecule has 0 aromatic heterocycles. The van der Waals surface area contributed by atoms with Gasteiger partial charge in [-0.1, -0.05) is 17.8 Å². The lowest BCUT2D eigenvalue weighted by atomic mass is 10.1. The number of carbonyl (C=O) groups excluding carboxylic acids is 3. The zero-order valence-corrected chi connectivity index (χ0v) is 11.6. The second-order valence-electron chi connectivity index (χ2n) is 4.32. The Kier molecular flexibility index (Phi) is 4.39. The number of rotatable bonds is 4. The topological polar surface area (TPSA) is 66.5 Å². The zero-order chi connectivity index (χ0) is 14.7. The van der Waals surface area contributed by atoms with Crippen LogP contribution in [-0.4, -0.2) is 40.8 Å². The molecule has 1 aliphatic heterocycles. The Bertz CT molecular complexity index is 561. The molecule has 0 aliphatic carbocycles. The van der Waals surface area contributed by atoms with Crippen molar-refractivity contribution in [1.82, 2.24) is 10.2 Å². The van der Waals surface area contributed by atoms with Gasteiger partial charge < -0.3 is 5.32 Å². The molecule has 0 unspecified atom stereocenters. The lowest BCUT2D eigenvalue weighted by Crippen LogP contribution is -2.37. The minimum atomic E-state index is -0.445. The number of aryl methyl sites for hydroxylation is 1. The van der Waals surface area contributed by atoms with E-state index >= 15 is 0 Å². The molecule has 0 radical (unpaired) electrons. The molecule has 0 saturated carbocycles. The van der Waals surface area contributed by atoms with Gasteiger partial charge in [-0.05, 0) is 24.6 Å². The Morgan fingerprint density at radius 2 is 2.20 bits per heavy atom. The van der Waals surface area contributed by atoms with Crippen molar-refractivity contribution in [2.45, 2.75) is 6.92 Å². The molecule has 7 heteroatoms. The van der Waals surface area contributed by atoms with Crippen LogP contribution in [0.5, 0.6) is 0 Å². The molecule has 3 amide bonds. The van der Waals surface area contributed by atoms with Gasteiger partial charge in [0.15, 0.2) is 0 Å². The van der Waals surface area contributed by atoms with Crippen LogP contribution in [0.2, 0.25) is 0 Å². The van der Waals surface area contributed by atoms with Gasteiger partial charge in [-0.2, -0.15) is 0 Å². The highest BCUT2D eigenvalue weighted by atomic mass is 32.2. The third kappa shape index (κ3) is 3.16. The summed E-state index contributed by atoms with van der Waals surface area (Å²) >= 11 is 0.947. The molecular formula is C13H13FN2O3S. The number of halogens is 1. The number of hydrogen-bond acceptors (Lipinski definition) is 4. The largest absolute Gasteiger partial charge is 0.350 e. The standard InChI is InChI=1S/C13H13FN2O3S/c1-8-2-3-9(6-10(8)14)12(18)15-4-5-16-11(17)7-20-13(16)19/h2-3,6H,4-5,7H2,1H3,(H,15,18). The van der Waals surface area contributed by atoms with E-state index in [0.717, 1.165) is 22.7 Å². The van der Waals surface area contributed by atoms with Crippen molar-refractivity contribution >= 4 is 28.8 Å². The summed E-state index contributed by atoms with van der Waals surface area (Å²) in [6, 6.07) is 4.21. The van der Waals surface area contributed by atoms with Crippen molar-refractivity contribution in [1.29, 1.82) is 0 Å². The van der Waals surface area contributed by atoms with E-state index in [1.807, 2.05) is 0 Å². The number of nitrogens with zero attached hydrogens (tertiary/aromatic N) is 1. The molecule has 0 atom stereocenters. The number of nitrogens with one attached hydrogen (secondary N) is 1. The average molecular weight is 296 g/mol. The normalized spacial score (nSPS) is 14.8. The third-order valence-electron chi connectivity index (χ3n) is 2.90. The van der Waals surface area contributed by atoms with Gasteiger partial charge in [-0.15, -0.1) is 0 Å². The quantitative estimate of drug-likeness (QED) is 0.915. The van der Waals surface area contributed by atoms with Gasteiger partial charge in [-0.25, -0.2) is 4.39 Å². The number of hydrogen-bond donors (Lipinski definition) is 1. The summed E-state index contributed by atoms with van der Waals surface area (Å²) in [6.45, 7) is 1.89. The second kappa shape index (κ2) is 6.04. The van der Waals surface area contributed by atoms with Crippen molar-refractivity contribution in [2.24, 2.45) is 0 Å². The minimum absolute atomic E-state index is 0.130. The highest BCUT2D eigenvalue weighted by Gasteiger charge is 2.29. The van der Waals surface area contributed by atoms with Crippen LogP contribution in [0.25, 0.3) is 0 Å². The maximum Gasteiger partial charge on any atom is 0.288 e. The Morgan fingerprint density at radius 1 is 1.45 bits per heavy atom. The first-order chi connectivity index (χ1) is 9.49. The fraction of sp³-hybridized carbons (Fsp3) is 0.308. The highest BCUT2D eigenvalue weighted by molar-refractivity contribution is 8.14. The Hall–Kier alpha value is -1.89. The minimum Gasteiger partial charge on any atom is -0.350 e. The first kappa shape index (κ1) is 14.5. The van der Waals surface area contributed by atoms with Gasteiger partial charge in [-0.3, -0.25) is 19.3 Å². The van der Waals surface area contributed by atoms with Crippen LogP contribution in [0, 0.1) is 12.7 Å². The van der Waals surface area contributed by atoms with Crippen LogP contribution in [-0.2, 0) is 4.79 Å². The first-order valence-electron chi connectivity index (χ1n) is 6.00. The SMILES string of the molecule is Cc1ccc(C(=O)NCCN2C(=O)CSC2=O)cc1F. The van der Waals surface area contributed by atoms with Gasteiger partial charge in [0.05, 0.1) is 5.75 Å². The molecule has 5 nitrogen and oxygen atoms in total. The number of amides is 3. The first-order valence-corrected chi connectivity index (χ1v) is 6.99. The van der Waals surface area contributed by atoms with Crippen LogP contribution >= 0.6 is 11.8 Å². The summed E-state index contributed by atoms with van der Waals surface area (Å²) in [5, 5.41) is 2.25. The van der Waals surface area contributed by atoms with Crippen LogP contribution in [0.4, 0.5) is 9.18 Å². The van der Waals surface area contributed by atoms with Crippen molar-refractivity contribution < 1.29 is 18.8 Å². The van der Waals surface area contributed by atoms with Gasteiger partial charge in [0, 0.05) is 18.7 Å². The number of carbonyl (C=O) groups is 3. The summed E-state index contributed by atoms with van der Waals surface area (Å²) in [5.74, 6) is -0.985. The predicted octanol–water partition coefficient (Wildman–Crippen LogP) is 1.56. The van der Waals surface area contributed by atoms with E-state index in [9.17, 15) is 18.8 Å². The number of benzene rings is 1. The van der Waals surface area contributed by atoms with Crippen LogP contribution in [0.1, 0.15) is 15.9 Å². The van der Waals surface area contributed by atoms with Crippen molar-refractivity contribution in [3.05, 3.63) is 35.1 Å². The van der Waals surface area contributed by atoms with Gasteiger partial charge in [0.2, 0.25) is 5.91 Å². The molecule has 106 valence electrons. The maximum absolute atomic E-state index is 13.3. The van der Waals surface area contributed by atoms with Gasteiger partial charge in [0.25, 0.3) is 11.1 Å². The molecule has 1 aromatic rings. The molecule has 2 rings (SSSR count). The van der Waals surface area contributed by atoms with E-state index in [0.29, 0.717) is 5.56 Å². The van der Waals surface area contributed by atoms with Crippen LogP contribution in [0.15, 0.2) is 18.2 Å². The Labute approximate surface area is 119 Å². The molecule has 1 N–H and O–H groups in total. The highest BCUT2D eigenvalue weighted by Crippen LogP contribution is 2.17. The van der Waals surface area contributed by atoms with E-state index < -0.39 is 11.7 Å². The average Bonchev–Trinajstić information content (AvgIpc) is 2.73. The van der Waals surface area contributed by atoms with Crippen molar-refractivity contribution in [3.8, 4) is 0 Å². The Morgan fingerprint density at radius 3 is 2.80 bits per heavy atom. The summed E-state index contributed by atoms with van der Waals surface area (Å²) in [4.78, 5) is 35.5. The monoisotopic (exact) mass is 296 g/mol. The second-order valence-corrected chi connectivity index (χ2v) is 5.25. The van der Waals surface area contributed by atoms with Gasteiger partial charge >= 0.3 is 0 Å². The summed E-state index contributed by atoms with van der Waals surface area (Å²) in [6.07, 6.45) is 0. The maximum atomic E-state index is 13.3. The molecule has 1 aliphatic rings. The van der Waals surface area contributed by atoms with E-state index in [2.05, 4.69) is 5.32 Å². The van der Waals surface area contributed by atoms with E-state index in [-0.39, 0.29) is 35.6 Å². The molecule has 20 heavy (non-hydrogen) atoms. The molecule has 1 heterocycles. The summed E-state index contributed by atoms with van der Waals surface area (Å²) in [5.41, 5.74) is 0.674. The Balaban J connectivity index is 1.87. The zero-order valence-electron chi connectivity index (χ0n) is 10.8. The van der Waals surface area contributed by atoms with E-state index in [1.54, 1.807) is 6.92 Å². The molecule has 0 spiro atoms. The van der Waals surface area contributed by atoms with E-state index in [1.165, 1.54) is 12.1 Å². The molecule has 1 saturated heterocycles.